The number of rotatable bonds is 9. The maximum Gasteiger partial charge on any atom is 0.232 e. The first kappa shape index (κ1) is 17.0. The van der Waals surface area contributed by atoms with Crippen molar-refractivity contribution in [2.75, 3.05) is 17.0 Å². The van der Waals surface area contributed by atoms with E-state index in [9.17, 15) is 8.42 Å². The molecule has 0 atom stereocenters. The molecular formula is C13H26N4O2S. The van der Waals surface area contributed by atoms with E-state index >= 15 is 0 Å². The third-order valence-corrected chi connectivity index (χ3v) is 4.17. The Hall–Kier alpha value is -1.08. The van der Waals surface area contributed by atoms with Crippen molar-refractivity contribution >= 4 is 15.7 Å². The maximum atomic E-state index is 11.9. The molecule has 0 fully saturated rings. The second-order valence-electron chi connectivity index (χ2n) is 5.54. The number of hydrogen-bond donors (Lipinski definition) is 2. The summed E-state index contributed by atoms with van der Waals surface area (Å²) in [5.74, 6) is 0.139. The molecule has 20 heavy (non-hydrogen) atoms. The smallest absolute Gasteiger partial charge is 0.232 e. The van der Waals surface area contributed by atoms with Gasteiger partial charge in [0.2, 0.25) is 10.0 Å². The molecule has 1 aromatic rings. The largest absolute Gasteiger partial charge is 0.315 e. The normalized spacial score (nSPS) is 12.3. The van der Waals surface area contributed by atoms with E-state index in [0.29, 0.717) is 18.2 Å². The van der Waals surface area contributed by atoms with Crippen LogP contribution < -0.4 is 10.0 Å². The number of unbranched alkanes of at least 4 members (excludes halogenated alkanes) is 1. The first-order valence-corrected chi connectivity index (χ1v) is 8.73. The average Bonchev–Trinajstić information content (AvgIpc) is 2.75. The molecule has 0 aliphatic rings. The van der Waals surface area contributed by atoms with Gasteiger partial charge in [-0.3, -0.25) is 9.40 Å². The van der Waals surface area contributed by atoms with Crippen molar-refractivity contribution in [2.45, 2.75) is 52.6 Å². The van der Waals surface area contributed by atoms with Crippen LogP contribution in [-0.2, 0) is 10.0 Å². The van der Waals surface area contributed by atoms with Crippen molar-refractivity contribution in [1.82, 2.24) is 15.1 Å². The highest BCUT2D eigenvalue weighted by molar-refractivity contribution is 7.92. The van der Waals surface area contributed by atoms with Gasteiger partial charge >= 0.3 is 0 Å². The fraction of sp³-hybridized carbons (Fsp3) is 0.769. The summed E-state index contributed by atoms with van der Waals surface area (Å²) >= 11 is 0. The molecule has 0 spiro atoms. The summed E-state index contributed by atoms with van der Waals surface area (Å²) in [6, 6.07) is 0.655. The first-order valence-electron chi connectivity index (χ1n) is 7.08. The predicted octanol–water partition coefficient (Wildman–Crippen LogP) is 1.98. The van der Waals surface area contributed by atoms with Crippen LogP contribution in [0.1, 0.15) is 46.6 Å². The molecule has 6 nitrogen and oxygen atoms in total. The number of sulfonamides is 1. The highest BCUT2D eigenvalue weighted by Crippen LogP contribution is 2.12. The fourth-order valence-electron chi connectivity index (χ4n) is 1.71. The summed E-state index contributed by atoms with van der Waals surface area (Å²) in [7, 11) is -3.28. The molecule has 116 valence electrons. The van der Waals surface area contributed by atoms with E-state index in [-0.39, 0.29) is 11.8 Å². The third kappa shape index (κ3) is 6.38. The zero-order valence-electron chi connectivity index (χ0n) is 12.8. The van der Waals surface area contributed by atoms with Gasteiger partial charge in [0.1, 0.15) is 0 Å². The van der Waals surface area contributed by atoms with Gasteiger partial charge in [0.15, 0.2) is 0 Å². The quantitative estimate of drug-likeness (QED) is 0.684. The second kappa shape index (κ2) is 7.64. The predicted molar refractivity (Wildman–Crippen MR) is 82.4 cm³/mol. The molecule has 0 aliphatic heterocycles. The van der Waals surface area contributed by atoms with E-state index in [4.69, 9.17) is 0 Å². The summed E-state index contributed by atoms with van der Waals surface area (Å²) < 4.78 is 28.1. The Labute approximate surface area is 122 Å². The van der Waals surface area contributed by atoms with E-state index in [1.807, 2.05) is 13.8 Å². The Morgan fingerprint density at radius 3 is 2.50 bits per heavy atom. The lowest BCUT2D eigenvalue weighted by molar-refractivity contribution is 0.532. The zero-order chi connectivity index (χ0) is 15.2. The number of nitrogens with zero attached hydrogens (tertiary/aromatic N) is 2. The second-order valence-corrected chi connectivity index (χ2v) is 7.38. The molecule has 2 N–H and O–H groups in total. The number of nitrogens with one attached hydrogen (secondary N) is 2. The van der Waals surface area contributed by atoms with Crippen molar-refractivity contribution in [1.29, 1.82) is 0 Å². The fourth-order valence-corrected chi connectivity index (χ4v) is 2.86. The molecule has 0 bridgehead atoms. The molecule has 1 heterocycles. The highest BCUT2D eigenvalue weighted by atomic mass is 32.2. The van der Waals surface area contributed by atoms with E-state index in [2.05, 4.69) is 29.0 Å². The molecule has 0 saturated carbocycles. The van der Waals surface area contributed by atoms with Crippen molar-refractivity contribution in [3.63, 3.8) is 0 Å². The molecule has 0 amide bonds. The Balaban J connectivity index is 2.37. The lowest BCUT2D eigenvalue weighted by Crippen LogP contribution is -2.24. The summed E-state index contributed by atoms with van der Waals surface area (Å²) in [6.45, 7) is 8.98. The summed E-state index contributed by atoms with van der Waals surface area (Å²) in [6.07, 6.45) is 4.75. The maximum absolute atomic E-state index is 11.9. The van der Waals surface area contributed by atoms with Gasteiger partial charge in [0.25, 0.3) is 0 Å². The molecule has 0 saturated heterocycles. The Morgan fingerprint density at radius 1 is 1.25 bits per heavy atom. The van der Waals surface area contributed by atoms with E-state index in [1.54, 1.807) is 10.9 Å². The summed E-state index contributed by atoms with van der Waals surface area (Å²) in [4.78, 5) is 0. The Morgan fingerprint density at radius 2 is 1.95 bits per heavy atom. The van der Waals surface area contributed by atoms with Gasteiger partial charge in [-0.2, -0.15) is 5.10 Å². The number of aromatic nitrogens is 2. The van der Waals surface area contributed by atoms with Crippen molar-refractivity contribution < 1.29 is 8.42 Å². The van der Waals surface area contributed by atoms with Crippen LogP contribution in [0.2, 0.25) is 0 Å². The van der Waals surface area contributed by atoms with E-state index < -0.39 is 10.0 Å². The van der Waals surface area contributed by atoms with Gasteiger partial charge in [-0.05, 0) is 33.2 Å². The molecule has 0 aliphatic carbocycles. The van der Waals surface area contributed by atoms with Crippen LogP contribution in [0.4, 0.5) is 5.69 Å². The SMILES string of the molecule is CC(C)NCCCCS(=O)(=O)Nc1cnn(C(C)C)c1. The summed E-state index contributed by atoms with van der Waals surface area (Å²) in [5.41, 5.74) is 0.527. The number of hydrogen-bond acceptors (Lipinski definition) is 4. The topological polar surface area (TPSA) is 76.0 Å². The van der Waals surface area contributed by atoms with Crippen molar-refractivity contribution in [3.05, 3.63) is 12.4 Å². The Bertz CT molecular complexity index is 494. The molecule has 0 unspecified atom stereocenters. The van der Waals surface area contributed by atoms with Gasteiger partial charge in [-0.25, -0.2) is 8.42 Å². The minimum absolute atomic E-state index is 0.139. The summed E-state index contributed by atoms with van der Waals surface area (Å²) in [5, 5.41) is 7.38. The van der Waals surface area contributed by atoms with Gasteiger partial charge in [0.05, 0.1) is 17.6 Å². The van der Waals surface area contributed by atoms with Crippen LogP contribution in [0.15, 0.2) is 12.4 Å². The van der Waals surface area contributed by atoms with Crippen molar-refractivity contribution in [3.8, 4) is 0 Å². The molecule has 7 heteroatoms. The van der Waals surface area contributed by atoms with Gasteiger partial charge in [-0.1, -0.05) is 13.8 Å². The van der Waals surface area contributed by atoms with Crippen LogP contribution in [0.3, 0.4) is 0 Å². The van der Waals surface area contributed by atoms with Crippen LogP contribution in [0, 0.1) is 0 Å². The molecule has 1 aromatic heterocycles. The molecule has 0 radical (unpaired) electrons. The van der Waals surface area contributed by atoms with Crippen LogP contribution >= 0.6 is 0 Å². The molecular weight excluding hydrogens is 276 g/mol. The van der Waals surface area contributed by atoms with Crippen LogP contribution in [-0.4, -0.2) is 36.5 Å². The minimum Gasteiger partial charge on any atom is -0.315 e. The van der Waals surface area contributed by atoms with Crippen LogP contribution in [0.25, 0.3) is 0 Å². The molecule has 0 aromatic carbocycles. The lowest BCUT2D eigenvalue weighted by atomic mass is 10.3. The van der Waals surface area contributed by atoms with E-state index in [1.165, 1.54) is 6.20 Å². The zero-order valence-corrected chi connectivity index (χ0v) is 13.6. The Kier molecular flexibility index (Phi) is 6.48. The van der Waals surface area contributed by atoms with Crippen molar-refractivity contribution in [2.24, 2.45) is 0 Å². The molecule has 1 rings (SSSR count). The lowest BCUT2D eigenvalue weighted by Gasteiger charge is -2.08. The van der Waals surface area contributed by atoms with Gasteiger partial charge < -0.3 is 5.32 Å². The standard InChI is InChI=1S/C13H26N4O2S/c1-11(2)14-7-5-6-8-20(18,19)16-13-9-15-17(10-13)12(3)4/h9-12,14,16H,5-8H2,1-4H3. The van der Waals surface area contributed by atoms with Crippen LogP contribution in [0.5, 0.6) is 0 Å². The minimum atomic E-state index is -3.28. The van der Waals surface area contributed by atoms with Gasteiger partial charge in [-0.15, -0.1) is 0 Å². The van der Waals surface area contributed by atoms with Gasteiger partial charge in [0, 0.05) is 18.3 Å². The average molecular weight is 302 g/mol. The van der Waals surface area contributed by atoms with E-state index in [0.717, 1.165) is 13.0 Å². The monoisotopic (exact) mass is 302 g/mol. The first-order chi connectivity index (χ1) is 9.30. The highest BCUT2D eigenvalue weighted by Gasteiger charge is 2.12. The number of anilines is 1. The third-order valence-electron chi connectivity index (χ3n) is 2.80.